The first kappa shape index (κ1) is 12.1. The summed E-state index contributed by atoms with van der Waals surface area (Å²) in [6, 6.07) is 0. The zero-order valence-corrected chi connectivity index (χ0v) is 10.0. The van der Waals surface area contributed by atoms with Crippen LogP contribution in [0.1, 0.15) is 42.1 Å². The highest BCUT2D eigenvalue weighted by atomic mass is 16.4. The minimum absolute atomic E-state index is 0.0666. The van der Waals surface area contributed by atoms with Gasteiger partial charge in [-0.15, -0.1) is 0 Å². The van der Waals surface area contributed by atoms with Crippen molar-refractivity contribution >= 4 is 5.97 Å². The second kappa shape index (κ2) is 4.87. The lowest BCUT2D eigenvalue weighted by Crippen LogP contribution is -2.16. The monoisotopic (exact) mass is 238 g/mol. The summed E-state index contributed by atoms with van der Waals surface area (Å²) in [5.41, 5.74) is 3.14. The van der Waals surface area contributed by atoms with E-state index in [1.807, 2.05) is 11.6 Å². The minimum Gasteiger partial charge on any atom is -0.481 e. The van der Waals surface area contributed by atoms with Gasteiger partial charge in [-0.25, -0.2) is 0 Å². The van der Waals surface area contributed by atoms with Crippen molar-refractivity contribution in [2.45, 2.75) is 45.1 Å². The summed E-state index contributed by atoms with van der Waals surface area (Å²) >= 11 is 0. The third-order valence-electron chi connectivity index (χ3n) is 3.39. The van der Waals surface area contributed by atoms with Crippen molar-refractivity contribution in [2.24, 2.45) is 0 Å². The lowest BCUT2D eigenvalue weighted by molar-refractivity contribution is -0.137. The Morgan fingerprint density at radius 1 is 1.59 bits per heavy atom. The largest absolute Gasteiger partial charge is 0.481 e. The zero-order chi connectivity index (χ0) is 12.4. The summed E-state index contributed by atoms with van der Waals surface area (Å²) in [7, 11) is 0. The van der Waals surface area contributed by atoms with E-state index in [1.165, 1.54) is 0 Å². The van der Waals surface area contributed by atoms with Crippen LogP contribution in [0.2, 0.25) is 0 Å². The lowest BCUT2D eigenvalue weighted by atomic mass is 9.83. The number of aliphatic hydroxyl groups is 1. The molecular formula is C12H18N2O3. The van der Waals surface area contributed by atoms with Gasteiger partial charge in [-0.1, -0.05) is 0 Å². The molecule has 0 radical (unpaired) electrons. The molecule has 0 aromatic carbocycles. The minimum atomic E-state index is -0.753. The number of fused-ring (bicyclic) bond motifs is 1. The summed E-state index contributed by atoms with van der Waals surface area (Å²) in [6.07, 6.45) is 3.04. The molecule has 94 valence electrons. The maximum absolute atomic E-state index is 10.9. The normalized spacial score (nSPS) is 19.1. The van der Waals surface area contributed by atoms with E-state index >= 15 is 0 Å². The second-order valence-corrected chi connectivity index (χ2v) is 4.58. The number of hydrogen-bond donors (Lipinski definition) is 2. The predicted molar refractivity (Wildman–Crippen MR) is 62.0 cm³/mol. The number of carbonyl (C=O) groups is 1. The van der Waals surface area contributed by atoms with Crippen LogP contribution in [0.5, 0.6) is 0 Å². The van der Waals surface area contributed by atoms with Crippen LogP contribution in [0, 0.1) is 6.92 Å². The molecular weight excluding hydrogens is 220 g/mol. The number of aryl methyl sites for hydroxylation is 1. The van der Waals surface area contributed by atoms with Crippen molar-refractivity contribution in [3.8, 4) is 0 Å². The third-order valence-corrected chi connectivity index (χ3v) is 3.39. The zero-order valence-electron chi connectivity index (χ0n) is 10.0. The molecule has 0 saturated carbocycles. The SMILES string of the molecule is Cc1nn(CCO)c2c1C(CC(=O)O)CCC2. The maximum Gasteiger partial charge on any atom is 0.303 e. The van der Waals surface area contributed by atoms with E-state index in [9.17, 15) is 4.79 Å². The molecule has 1 atom stereocenters. The Kier molecular flexibility index (Phi) is 3.47. The number of rotatable bonds is 4. The Morgan fingerprint density at radius 3 is 3.00 bits per heavy atom. The Balaban J connectivity index is 2.33. The molecule has 2 rings (SSSR count). The molecule has 1 aromatic heterocycles. The lowest BCUT2D eigenvalue weighted by Gasteiger charge is -2.22. The standard InChI is InChI=1S/C12H18N2O3/c1-8-12-9(7-11(16)17)3-2-4-10(12)14(13-8)5-6-15/h9,15H,2-7H2,1H3,(H,16,17). The summed E-state index contributed by atoms with van der Waals surface area (Å²) < 4.78 is 1.83. The number of aliphatic carboxylic acids is 1. The fourth-order valence-electron chi connectivity index (χ4n) is 2.79. The van der Waals surface area contributed by atoms with Crippen LogP contribution >= 0.6 is 0 Å². The second-order valence-electron chi connectivity index (χ2n) is 4.58. The molecule has 1 aliphatic rings. The van der Waals surface area contributed by atoms with E-state index < -0.39 is 5.97 Å². The summed E-state index contributed by atoms with van der Waals surface area (Å²) in [5, 5.41) is 22.3. The maximum atomic E-state index is 10.9. The number of carboxylic acid groups (broad SMARTS) is 1. The molecule has 0 saturated heterocycles. The quantitative estimate of drug-likeness (QED) is 0.823. The molecule has 1 aliphatic carbocycles. The molecule has 0 amide bonds. The van der Waals surface area contributed by atoms with Crippen molar-refractivity contribution in [1.29, 1.82) is 0 Å². The van der Waals surface area contributed by atoms with E-state index in [0.29, 0.717) is 6.54 Å². The Morgan fingerprint density at radius 2 is 2.35 bits per heavy atom. The van der Waals surface area contributed by atoms with E-state index in [0.717, 1.165) is 36.2 Å². The highest BCUT2D eigenvalue weighted by Crippen LogP contribution is 2.36. The summed E-state index contributed by atoms with van der Waals surface area (Å²) in [5.74, 6) is -0.666. The van der Waals surface area contributed by atoms with Crippen LogP contribution < -0.4 is 0 Å². The molecule has 0 spiro atoms. The van der Waals surface area contributed by atoms with Gasteiger partial charge in [-0.3, -0.25) is 9.48 Å². The number of aliphatic hydroxyl groups excluding tert-OH is 1. The Bertz CT molecular complexity index is 426. The van der Waals surface area contributed by atoms with Gasteiger partial charge in [0.05, 0.1) is 25.3 Å². The molecule has 5 heteroatoms. The molecule has 0 bridgehead atoms. The average Bonchev–Trinajstić information content (AvgIpc) is 2.57. The van der Waals surface area contributed by atoms with Crippen molar-refractivity contribution in [2.75, 3.05) is 6.61 Å². The van der Waals surface area contributed by atoms with Gasteiger partial charge >= 0.3 is 5.97 Å². The van der Waals surface area contributed by atoms with Crippen LogP contribution in [0.25, 0.3) is 0 Å². The van der Waals surface area contributed by atoms with Gasteiger partial charge in [0.1, 0.15) is 0 Å². The Hall–Kier alpha value is -1.36. The van der Waals surface area contributed by atoms with Crippen molar-refractivity contribution < 1.29 is 15.0 Å². The average molecular weight is 238 g/mol. The van der Waals surface area contributed by atoms with E-state index in [-0.39, 0.29) is 18.9 Å². The molecule has 17 heavy (non-hydrogen) atoms. The number of carboxylic acids is 1. The van der Waals surface area contributed by atoms with Crippen molar-refractivity contribution in [3.05, 3.63) is 17.0 Å². The van der Waals surface area contributed by atoms with Gasteiger partial charge < -0.3 is 10.2 Å². The number of hydrogen-bond acceptors (Lipinski definition) is 3. The van der Waals surface area contributed by atoms with Gasteiger partial charge in [-0.05, 0) is 37.7 Å². The summed E-state index contributed by atoms with van der Waals surface area (Å²) in [4.78, 5) is 10.9. The molecule has 1 unspecified atom stereocenters. The molecule has 0 aliphatic heterocycles. The van der Waals surface area contributed by atoms with Crippen LogP contribution in [0.4, 0.5) is 0 Å². The van der Waals surface area contributed by atoms with Gasteiger partial charge in [0.25, 0.3) is 0 Å². The highest BCUT2D eigenvalue weighted by Gasteiger charge is 2.28. The topological polar surface area (TPSA) is 75.3 Å². The predicted octanol–water partition coefficient (Wildman–Crippen LogP) is 1.08. The first-order valence-electron chi connectivity index (χ1n) is 6.02. The number of aromatic nitrogens is 2. The summed E-state index contributed by atoms with van der Waals surface area (Å²) in [6.45, 7) is 2.49. The van der Waals surface area contributed by atoms with E-state index in [2.05, 4.69) is 5.10 Å². The van der Waals surface area contributed by atoms with Crippen LogP contribution in [-0.4, -0.2) is 32.6 Å². The first-order chi connectivity index (χ1) is 8.13. The van der Waals surface area contributed by atoms with Crippen LogP contribution in [0.3, 0.4) is 0 Å². The first-order valence-corrected chi connectivity index (χ1v) is 6.02. The van der Waals surface area contributed by atoms with E-state index in [4.69, 9.17) is 10.2 Å². The van der Waals surface area contributed by atoms with Gasteiger partial charge in [0.2, 0.25) is 0 Å². The van der Waals surface area contributed by atoms with Gasteiger partial charge in [0.15, 0.2) is 0 Å². The van der Waals surface area contributed by atoms with Crippen molar-refractivity contribution in [1.82, 2.24) is 9.78 Å². The third kappa shape index (κ3) is 2.34. The number of nitrogens with zero attached hydrogens (tertiary/aromatic N) is 2. The molecule has 0 fully saturated rings. The fourth-order valence-corrected chi connectivity index (χ4v) is 2.79. The van der Waals surface area contributed by atoms with E-state index in [1.54, 1.807) is 0 Å². The van der Waals surface area contributed by atoms with Gasteiger partial charge in [-0.2, -0.15) is 5.10 Å². The van der Waals surface area contributed by atoms with Crippen molar-refractivity contribution in [3.63, 3.8) is 0 Å². The molecule has 1 aromatic rings. The van der Waals surface area contributed by atoms with Gasteiger partial charge in [0, 0.05) is 5.69 Å². The fraction of sp³-hybridized carbons (Fsp3) is 0.667. The van der Waals surface area contributed by atoms with Crippen LogP contribution in [0.15, 0.2) is 0 Å². The molecule has 5 nitrogen and oxygen atoms in total. The molecule has 2 N–H and O–H groups in total. The Labute approximate surface area is 100 Å². The molecule has 1 heterocycles. The highest BCUT2D eigenvalue weighted by molar-refractivity contribution is 5.68. The smallest absolute Gasteiger partial charge is 0.303 e. The van der Waals surface area contributed by atoms with Crippen LogP contribution in [-0.2, 0) is 17.8 Å².